The van der Waals surface area contributed by atoms with Gasteiger partial charge in [0.2, 0.25) is 0 Å². The molecule has 20 heavy (non-hydrogen) atoms. The van der Waals surface area contributed by atoms with Crippen LogP contribution in [0.1, 0.15) is 42.4 Å². The molecule has 2 aromatic heterocycles. The Morgan fingerprint density at radius 1 is 1.30 bits per heavy atom. The van der Waals surface area contributed by atoms with E-state index in [0.29, 0.717) is 0 Å². The van der Waals surface area contributed by atoms with Crippen molar-refractivity contribution in [1.29, 1.82) is 0 Å². The van der Waals surface area contributed by atoms with E-state index in [1.165, 1.54) is 6.42 Å². The Morgan fingerprint density at radius 2 is 2.05 bits per heavy atom. The Labute approximate surface area is 126 Å². The molecule has 1 amide bonds. The fraction of sp³-hybridized carbons (Fsp3) is 0.467. The smallest absolute Gasteiger partial charge is 0.272 e. The number of hydrogen-bond donors (Lipinski definition) is 0. The van der Waals surface area contributed by atoms with Crippen molar-refractivity contribution in [2.24, 2.45) is 0 Å². The lowest BCUT2D eigenvalue weighted by Crippen LogP contribution is -2.36. The van der Waals surface area contributed by atoms with Gasteiger partial charge >= 0.3 is 0 Å². The number of hydrogen-bond acceptors (Lipinski definition) is 2. The second kappa shape index (κ2) is 5.56. The zero-order valence-electron chi connectivity index (χ0n) is 11.6. The summed E-state index contributed by atoms with van der Waals surface area (Å²) in [4.78, 5) is 19.4. The number of carbonyl (C=O) groups is 1. The lowest BCUT2D eigenvalue weighted by atomic mass is 10.1. The Bertz CT molecular complexity index is 644. The van der Waals surface area contributed by atoms with Crippen LogP contribution in [0.4, 0.5) is 0 Å². The van der Waals surface area contributed by atoms with Gasteiger partial charge in [-0.3, -0.25) is 9.20 Å². The number of amides is 1. The summed E-state index contributed by atoms with van der Waals surface area (Å²) in [6.07, 6.45) is 6.14. The number of piperidine rings is 1. The van der Waals surface area contributed by atoms with Crippen molar-refractivity contribution in [2.45, 2.75) is 32.6 Å². The zero-order valence-corrected chi connectivity index (χ0v) is 13.2. The van der Waals surface area contributed by atoms with Gasteiger partial charge in [-0.05, 0) is 53.7 Å². The van der Waals surface area contributed by atoms with E-state index in [2.05, 4.69) is 20.9 Å². The normalized spacial score (nSPS) is 15.8. The number of likely N-dealkylation sites (tertiary alicyclic amines) is 1. The third-order valence-electron chi connectivity index (χ3n) is 3.84. The minimum atomic E-state index is 0.118. The largest absolute Gasteiger partial charge is 0.337 e. The summed E-state index contributed by atoms with van der Waals surface area (Å²) in [7, 11) is 0. The van der Waals surface area contributed by atoms with E-state index in [4.69, 9.17) is 0 Å². The van der Waals surface area contributed by atoms with Gasteiger partial charge in [-0.15, -0.1) is 0 Å². The SMILES string of the molecule is CCc1nc2ccc(Br)cn2c1C(=O)N1CCCCC1. The maximum Gasteiger partial charge on any atom is 0.272 e. The number of aromatic nitrogens is 2. The third-order valence-corrected chi connectivity index (χ3v) is 4.30. The Morgan fingerprint density at radius 3 is 2.75 bits per heavy atom. The van der Waals surface area contributed by atoms with Crippen molar-refractivity contribution in [3.05, 3.63) is 34.2 Å². The lowest BCUT2D eigenvalue weighted by molar-refractivity contribution is 0.0716. The molecule has 3 heterocycles. The molecule has 2 aromatic rings. The first-order valence-corrected chi connectivity index (χ1v) is 7.95. The highest BCUT2D eigenvalue weighted by atomic mass is 79.9. The van der Waals surface area contributed by atoms with Crippen LogP contribution in [0, 0.1) is 0 Å². The van der Waals surface area contributed by atoms with Gasteiger partial charge in [-0.2, -0.15) is 0 Å². The van der Waals surface area contributed by atoms with E-state index in [1.807, 2.05) is 34.6 Å². The number of halogens is 1. The molecule has 1 fully saturated rings. The molecule has 106 valence electrons. The van der Waals surface area contributed by atoms with Crippen LogP contribution < -0.4 is 0 Å². The summed E-state index contributed by atoms with van der Waals surface area (Å²) in [6.45, 7) is 3.77. The monoisotopic (exact) mass is 335 g/mol. The standard InChI is InChI=1S/C15H18BrN3O/c1-2-12-14(15(20)18-8-4-3-5-9-18)19-10-11(16)6-7-13(19)17-12/h6-7,10H,2-5,8-9H2,1H3. The summed E-state index contributed by atoms with van der Waals surface area (Å²) < 4.78 is 2.87. The van der Waals surface area contributed by atoms with E-state index < -0.39 is 0 Å². The molecule has 0 atom stereocenters. The van der Waals surface area contributed by atoms with Crippen molar-refractivity contribution in [3.63, 3.8) is 0 Å². The van der Waals surface area contributed by atoms with Crippen LogP contribution in [0.3, 0.4) is 0 Å². The summed E-state index contributed by atoms with van der Waals surface area (Å²) in [5.41, 5.74) is 2.45. The van der Waals surface area contributed by atoms with Gasteiger partial charge in [0.1, 0.15) is 11.3 Å². The van der Waals surface area contributed by atoms with Crippen molar-refractivity contribution < 1.29 is 4.79 Å². The van der Waals surface area contributed by atoms with Crippen LogP contribution >= 0.6 is 15.9 Å². The summed E-state index contributed by atoms with van der Waals surface area (Å²) in [6, 6.07) is 3.90. The van der Waals surface area contributed by atoms with Gasteiger partial charge in [-0.25, -0.2) is 4.98 Å². The van der Waals surface area contributed by atoms with Crippen molar-refractivity contribution in [1.82, 2.24) is 14.3 Å². The van der Waals surface area contributed by atoms with E-state index in [9.17, 15) is 4.79 Å². The van der Waals surface area contributed by atoms with E-state index in [-0.39, 0.29) is 5.91 Å². The molecular weight excluding hydrogens is 318 g/mol. The number of rotatable bonds is 2. The number of pyridine rings is 1. The van der Waals surface area contributed by atoms with E-state index >= 15 is 0 Å². The average Bonchev–Trinajstić information content (AvgIpc) is 2.85. The predicted molar refractivity (Wildman–Crippen MR) is 82.0 cm³/mol. The molecule has 0 aliphatic carbocycles. The lowest BCUT2D eigenvalue weighted by Gasteiger charge is -2.26. The Hall–Kier alpha value is -1.36. The molecule has 4 nitrogen and oxygen atoms in total. The van der Waals surface area contributed by atoms with Crippen molar-refractivity contribution in [2.75, 3.05) is 13.1 Å². The number of nitrogens with zero attached hydrogens (tertiary/aromatic N) is 3. The molecule has 0 bridgehead atoms. The molecular formula is C15H18BrN3O. The highest BCUT2D eigenvalue weighted by Gasteiger charge is 2.24. The molecule has 0 spiro atoms. The number of carbonyl (C=O) groups excluding carboxylic acids is 1. The zero-order chi connectivity index (χ0) is 14.1. The summed E-state index contributed by atoms with van der Waals surface area (Å²) in [5, 5.41) is 0. The molecule has 0 radical (unpaired) electrons. The number of aryl methyl sites for hydroxylation is 1. The molecule has 3 rings (SSSR count). The van der Waals surface area contributed by atoms with Crippen LogP contribution in [-0.4, -0.2) is 33.3 Å². The summed E-state index contributed by atoms with van der Waals surface area (Å²) >= 11 is 3.47. The van der Waals surface area contributed by atoms with E-state index in [1.54, 1.807) is 0 Å². The minimum absolute atomic E-state index is 0.118. The first-order valence-electron chi connectivity index (χ1n) is 7.16. The Balaban J connectivity index is 2.08. The Kier molecular flexibility index (Phi) is 3.78. The molecule has 5 heteroatoms. The second-order valence-electron chi connectivity index (χ2n) is 5.19. The molecule has 0 unspecified atom stereocenters. The fourth-order valence-corrected chi connectivity index (χ4v) is 3.12. The topological polar surface area (TPSA) is 37.6 Å². The van der Waals surface area contributed by atoms with Gasteiger partial charge in [0, 0.05) is 23.8 Å². The highest BCUT2D eigenvalue weighted by Crippen LogP contribution is 2.20. The maximum atomic E-state index is 12.8. The van der Waals surface area contributed by atoms with Crippen LogP contribution in [0.15, 0.2) is 22.8 Å². The summed E-state index contributed by atoms with van der Waals surface area (Å²) in [5.74, 6) is 0.118. The van der Waals surface area contributed by atoms with Gasteiger partial charge in [0.15, 0.2) is 0 Å². The average molecular weight is 336 g/mol. The quantitative estimate of drug-likeness (QED) is 0.844. The first kappa shape index (κ1) is 13.6. The highest BCUT2D eigenvalue weighted by molar-refractivity contribution is 9.10. The van der Waals surface area contributed by atoms with Crippen LogP contribution in [0.25, 0.3) is 5.65 Å². The van der Waals surface area contributed by atoms with Crippen molar-refractivity contribution in [3.8, 4) is 0 Å². The third kappa shape index (κ3) is 2.35. The van der Waals surface area contributed by atoms with Gasteiger partial charge < -0.3 is 4.90 Å². The predicted octanol–water partition coefficient (Wildman–Crippen LogP) is 3.29. The number of fused-ring (bicyclic) bond motifs is 1. The molecule has 0 aromatic carbocycles. The van der Waals surface area contributed by atoms with Crippen LogP contribution in [0.2, 0.25) is 0 Å². The van der Waals surface area contributed by atoms with E-state index in [0.717, 1.165) is 53.9 Å². The van der Waals surface area contributed by atoms with Gasteiger partial charge in [0.25, 0.3) is 5.91 Å². The molecule has 1 saturated heterocycles. The van der Waals surface area contributed by atoms with Crippen molar-refractivity contribution >= 4 is 27.5 Å². The fourth-order valence-electron chi connectivity index (χ4n) is 2.79. The molecule has 1 aliphatic heterocycles. The van der Waals surface area contributed by atoms with Gasteiger partial charge in [-0.1, -0.05) is 6.92 Å². The first-order chi connectivity index (χ1) is 9.70. The second-order valence-corrected chi connectivity index (χ2v) is 6.10. The molecule has 0 N–H and O–H groups in total. The molecule has 1 aliphatic rings. The van der Waals surface area contributed by atoms with Gasteiger partial charge in [0.05, 0.1) is 5.69 Å². The molecule has 0 saturated carbocycles. The van der Waals surface area contributed by atoms with Crippen LogP contribution in [0.5, 0.6) is 0 Å². The maximum absolute atomic E-state index is 12.8. The van der Waals surface area contributed by atoms with Crippen LogP contribution in [-0.2, 0) is 6.42 Å². The minimum Gasteiger partial charge on any atom is -0.337 e. The number of imidazole rings is 1.